The lowest BCUT2D eigenvalue weighted by atomic mass is 10.1. The van der Waals surface area contributed by atoms with E-state index in [9.17, 15) is 4.39 Å². The summed E-state index contributed by atoms with van der Waals surface area (Å²) in [5.74, 6) is -2.13. The topological polar surface area (TPSA) is 117 Å². The maximum absolute atomic E-state index is 15.0. The first-order chi connectivity index (χ1) is 15.6. The second-order valence-electron chi connectivity index (χ2n) is 7.38. The van der Waals surface area contributed by atoms with E-state index >= 15 is 4.39 Å². The predicted octanol–water partition coefficient (Wildman–Crippen LogP) is 2.98. The largest absolute Gasteiger partial charge is 0.486 e. The van der Waals surface area contributed by atoms with Crippen LogP contribution in [-0.2, 0) is 0 Å². The van der Waals surface area contributed by atoms with E-state index in [2.05, 4.69) is 25.8 Å². The summed E-state index contributed by atoms with van der Waals surface area (Å²) < 4.78 is 41.7. The van der Waals surface area contributed by atoms with Crippen LogP contribution in [-0.4, -0.2) is 44.4 Å². The lowest BCUT2D eigenvalue weighted by Gasteiger charge is -2.24. The summed E-state index contributed by atoms with van der Waals surface area (Å²) in [6.07, 6.45) is 6.12. The van der Waals surface area contributed by atoms with Gasteiger partial charge in [0.1, 0.15) is 17.6 Å². The van der Waals surface area contributed by atoms with Gasteiger partial charge in [-0.3, -0.25) is 0 Å². The molecule has 0 bridgehead atoms. The number of hydrogen-bond donors (Lipinski definition) is 2. The number of hydrogen-bond acceptors (Lipinski definition) is 8. The fourth-order valence-corrected chi connectivity index (χ4v) is 3.63. The summed E-state index contributed by atoms with van der Waals surface area (Å²) in [7, 11) is 0. The Kier molecular flexibility index (Phi) is 5.23. The first kappa shape index (κ1) is 20.1. The lowest BCUT2D eigenvalue weighted by Crippen LogP contribution is -2.37. The van der Waals surface area contributed by atoms with Gasteiger partial charge in [-0.25, -0.2) is 9.37 Å². The van der Waals surface area contributed by atoms with Gasteiger partial charge in [0.25, 0.3) is 0 Å². The van der Waals surface area contributed by atoms with E-state index in [0.717, 1.165) is 29.6 Å². The Morgan fingerprint density at radius 1 is 1.19 bits per heavy atom. The number of ether oxygens (including phenoxy) is 1. The molecule has 11 heteroatoms. The molecule has 1 fully saturated rings. The molecule has 1 atom stereocenters. The Bertz CT molecular complexity index is 1240. The molecule has 164 valence electrons. The minimum atomic E-state index is -1.13. The average Bonchev–Trinajstić information content (AvgIpc) is 3.51. The molecule has 1 unspecified atom stereocenters. The maximum Gasteiger partial charge on any atom is 0.202 e. The third kappa shape index (κ3) is 3.66. The zero-order chi connectivity index (χ0) is 22.1. The third-order valence-electron chi connectivity index (χ3n) is 5.28. The Morgan fingerprint density at radius 3 is 2.88 bits per heavy atom. The first-order valence-corrected chi connectivity index (χ1v) is 10.0. The molecular weight excluding hydrogens is 420 g/mol. The van der Waals surface area contributed by atoms with Gasteiger partial charge in [0.05, 0.1) is 18.1 Å². The molecule has 32 heavy (non-hydrogen) atoms. The van der Waals surface area contributed by atoms with Gasteiger partial charge in [-0.05, 0) is 54.1 Å². The monoisotopic (exact) mass is 439 g/mol. The number of benzene rings is 1. The number of nitrogens with one attached hydrogen (secondary N) is 1. The van der Waals surface area contributed by atoms with Crippen LogP contribution in [0.15, 0.2) is 47.4 Å². The third-order valence-corrected chi connectivity index (χ3v) is 5.28. The zero-order valence-corrected chi connectivity index (χ0v) is 16.8. The van der Waals surface area contributed by atoms with Gasteiger partial charge in [-0.15, -0.1) is 5.10 Å². The van der Waals surface area contributed by atoms with Crippen LogP contribution in [0.4, 0.5) is 14.6 Å². The highest BCUT2D eigenvalue weighted by Gasteiger charge is 2.24. The fraction of sp³-hybridized carbons (Fsp3) is 0.238. The molecular formula is C21H19F2N7O2. The molecule has 9 nitrogen and oxygen atoms in total. The SMILES string of the molecule is Nc1ncc(-c2ccoc2)cc1-c1nnnn1-c1ccc(OC2CCCNC2)c(F)c1F. The molecule has 4 aromatic rings. The normalized spacial score (nSPS) is 16.2. The summed E-state index contributed by atoms with van der Waals surface area (Å²) in [6, 6.07) is 6.21. The fourth-order valence-electron chi connectivity index (χ4n) is 3.63. The number of tetrazole rings is 1. The van der Waals surface area contributed by atoms with E-state index in [1.807, 2.05) is 0 Å². The van der Waals surface area contributed by atoms with Crippen molar-refractivity contribution in [3.8, 4) is 34.0 Å². The van der Waals surface area contributed by atoms with Crippen LogP contribution in [0.5, 0.6) is 5.75 Å². The van der Waals surface area contributed by atoms with Crippen molar-refractivity contribution in [2.45, 2.75) is 18.9 Å². The molecule has 1 aliphatic rings. The smallest absolute Gasteiger partial charge is 0.202 e. The number of nitrogens with two attached hydrogens (primary N) is 1. The molecule has 0 amide bonds. The second-order valence-corrected chi connectivity index (χ2v) is 7.38. The summed E-state index contributed by atoms with van der Waals surface area (Å²) in [6.45, 7) is 1.47. The Labute approximate surface area is 181 Å². The number of halogens is 2. The summed E-state index contributed by atoms with van der Waals surface area (Å²) in [5, 5.41) is 14.6. The number of aromatic nitrogens is 5. The highest BCUT2D eigenvalue weighted by atomic mass is 19.2. The molecule has 3 N–H and O–H groups in total. The molecule has 0 spiro atoms. The number of pyridine rings is 1. The number of rotatable bonds is 5. The summed E-state index contributed by atoms with van der Waals surface area (Å²) >= 11 is 0. The van der Waals surface area contributed by atoms with E-state index in [-0.39, 0.29) is 29.2 Å². The van der Waals surface area contributed by atoms with E-state index in [4.69, 9.17) is 14.9 Å². The van der Waals surface area contributed by atoms with Crippen molar-refractivity contribution in [1.29, 1.82) is 0 Å². The number of piperidine rings is 1. The van der Waals surface area contributed by atoms with Crippen molar-refractivity contribution in [2.24, 2.45) is 0 Å². The van der Waals surface area contributed by atoms with E-state index < -0.39 is 11.6 Å². The van der Waals surface area contributed by atoms with Crippen molar-refractivity contribution >= 4 is 5.82 Å². The predicted molar refractivity (Wildman–Crippen MR) is 111 cm³/mol. The molecule has 5 rings (SSSR count). The molecule has 1 saturated heterocycles. The van der Waals surface area contributed by atoms with Crippen molar-refractivity contribution in [3.05, 3.63) is 54.6 Å². The van der Waals surface area contributed by atoms with Crippen LogP contribution in [0, 0.1) is 11.6 Å². The molecule has 0 radical (unpaired) electrons. The molecule has 0 saturated carbocycles. The highest BCUT2D eigenvalue weighted by molar-refractivity contribution is 5.76. The standard InChI is InChI=1S/C21H19F2N7O2/c22-18-16(3-4-17(19(18)23)32-14-2-1-6-25-10-14)30-21(27-28-29-30)15-8-13(9-26-20(15)24)12-5-7-31-11-12/h3-5,7-9,11,14,25H,1-2,6,10H2,(H2,24,26). The van der Waals surface area contributed by atoms with Gasteiger partial charge in [0.15, 0.2) is 17.4 Å². The Morgan fingerprint density at radius 2 is 2.09 bits per heavy atom. The second kappa shape index (κ2) is 8.35. The van der Waals surface area contributed by atoms with E-state index in [1.54, 1.807) is 24.6 Å². The van der Waals surface area contributed by atoms with Gasteiger partial charge in [-0.2, -0.15) is 9.07 Å². The summed E-state index contributed by atoms with van der Waals surface area (Å²) in [5.41, 5.74) is 7.70. The van der Waals surface area contributed by atoms with Gasteiger partial charge >= 0.3 is 0 Å². The van der Waals surface area contributed by atoms with Crippen molar-refractivity contribution in [1.82, 2.24) is 30.5 Å². The van der Waals surface area contributed by atoms with Gasteiger partial charge in [0, 0.05) is 23.9 Å². The number of nitrogens with zero attached hydrogens (tertiary/aromatic N) is 5. The average molecular weight is 439 g/mol. The van der Waals surface area contributed by atoms with Gasteiger partial charge in [0.2, 0.25) is 5.82 Å². The molecule has 0 aliphatic carbocycles. The van der Waals surface area contributed by atoms with Crippen molar-refractivity contribution in [3.63, 3.8) is 0 Å². The molecule has 1 aliphatic heterocycles. The maximum atomic E-state index is 15.0. The van der Waals surface area contributed by atoms with Crippen LogP contribution in [0.1, 0.15) is 12.8 Å². The number of anilines is 1. The van der Waals surface area contributed by atoms with Gasteiger partial charge < -0.3 is 20.2 Å². The zero-order valence-electron chi connectivity index (χ0n) is 16.8. The van der Waals surface area contributed by atoms with Gasteiger partial charge in [-0.1, -0.05) is 0 Å². The quantitative estimate of drug-likeness (QED) is 0.488. The minimum Gasteiger partial charge on any atom is -0.486 e. The first-order valence-electron chi connectivity index (χ1n) is 10.0. The molecule has 3 aromatic heterocycles. The molecule has 4 heterocycles. The van der Waals surface area contributed by atoms with E-state index in [1.165, 1.54) is 18.4 Å². The minimum absolute atomic E-state index is 0.115. The summed E-state index contributed by atoms with van der Waals surface area (Å²) in [4.78, 5) is 4.18. The highest BCUT2D eigenvalue weighted by Crippen LogP contribution is 2.32. The van der Waals surface area contributed by atoms with Crippen LogP contribution in [0.3, 0.4) is 0 Å². The van der Waals surface area contributed by atoms with E-state index in [0.29, 0.717) is 17.7 Å². The van der Waals surface area contributed by atoms with Crippen LogP contribution >= 0.6 is 0 Å². The van der Waals surface area contributed by atoms with Crippen molar-refractivity contribution in [2.75, 3.05) is 18.8 Å². The Hall–Kier alpha value is -3.86. The van der Waals surface area contributed by atoms with Crippen LogP contribution in [0.25, 0.3) is 28.2 Å². The molecule has 1 aromatic carbocycles. The lowest BCUT2D eigenvalue weighted by molar-refractivity contribution is 0.159. The van der Waals surface area contributed by atoms with Crippen LogP contribution in [0.2, 0.25) is 0 Å². The number of nitrogen functional groups attached to an aromatic ring is 1. The van der Waals surface area contributed by atoms with Crippen molar-refractivity contribution < 1.29 is 17.9 Å². The number of furan rings is 1. The Balaban J connectivity index is 1.51. The van der Waals surface area contributed by atoms with Crippen LogP contribution < -0.4 is 15.8 Å².